The van der Waals surface area contributed by atoms with Crippen LogP contribution in [0.15, 0.2) is 60.7 Å². The van der Waals surface area contributed by atoms with Crippen LogP contribution < -0.4 is 0 Å². The number of carbonyl (C=O) groups excluding carboxylic acids is 2. The molecule has 0 bridgehead atoms. The van der Waals surface area contributed by atoms with Crippen LogP contribution in [0.1, 0.15) is 24.0 Å². The average molecular weight is 397 g/mol. The van der Waals surface area contributed by atoms with E-state index in [1.54, 1.807) is 11.0 Å². The Morgan fingerprint density at radius 2 is 1.71 bits per heavy atom. The smallest absolute Gasteiger partial charge is 0.246 e. The standard InChI is InChI=1S/C23H25ClN2O2/c1-25(17-20-9-5-6-10-21(20)24)23(28)19-13-15-26(16-14-19)22(27)12-11-18-7-3-2-4-8-18/h2-12,19H,13-17H2,1H3/b12-11+. The van der Waals surface area contributed by atoms with E-state index in [1.165, 1.54) is 0 Å². The molecular weight excluding hydrogens is 372 g/mol. The maximum absolute atomic E-state index is 12.8. The molecule has 2 amide bonds. The van der Waals surface area contributed by atoms with E-state index in [-0.39, 0.29) is 17.7 Å². The summed E-state index contributed by atoms with van der Waals surface area (Å²) in [6, 6.07) is 17.3. The van der Waals surface area contributed by atoms with E-state index in [1.807, 2.05) is 72.6 Å². The minimum absolute atomic E-state index is 0.000765. The highest BCUT2D eigenvalue weighted by atomic mass is 35.5. The quantitative estimate of drug-likeness (QED) is 0.709. The summed E-state index contributed by atoms with van der Waals surface area (Å²) in [6.45, 7) is 1.71. The largest absolute Gasteiger partial charge is 0.341 e. The Morgan fingerprint density at radius 1 is 1.07 bits per heavy atom. The summed E-state index contributed by atoms with van der Waals surface area (Å²) in [6.07, 6.45) is 4.82. The molecule has 1 saturated heterocycles. The van der Waals surface area contributed by atoms with Gasteiger partial charge in [-0.3, -0.25) is 9.59 Å². The van der Waals surface area contributed by atoms with Crippen molar-refractivity contribution in [3.63, 3.8) is 0 Å². The molecule has 3 rings (SSSR count). The molecule has 0 saturated carbocycles. The molecule has 28 heavy (non-hydrogen) atoms. The van der Waals surface area contributed by atoms with Gasteiger partial charge in [0, 0.05) is 43.7 Å². The van der Waals surface area contributed by atoms with Crippen LogP contribution in [-0.2, 0) is 16.1 Å². The number of rotatable bonds is 5. The van der Waals surface area contributed by atoms with Gasteiger partial charge in [0.2, 0.25) is 11.8 Å². The molecule has 1 heterocycles. The van der Waals surface area contributed by atoms with Crippen molar-refractivity contribution < 1.29 is 9.59 Å². The van der Waals surface area contributed by atoms with Gasteiger partial charge in [-0.05, 0) is 36.1 Å². The molecule has 0 atom stereocenters. The lowest BCUT2D eigenvalue weighted by molar-refractivity contribution is -0.138. The minimum Gasteiger partial charge on any atom is -0.341 e. The normalized spacial score (nSPS) is 15.0. The molecule has 0 unspecified atom stereocenters. The van der Waals surface area contributed by atoms with Gasteiger partial charge in [0.1, 0.15) is 0 Å². The van der Waals surface area contributed by atoms with E-state index in [2.05, 4.69) is 0 Å². The van der Waals surface area contributed by atoms with Gasteiger partial charge in [-0.15, -0.1) is 0 Å². The second-order valence-electron chi connectivity index (χ2n) is 7.13. The number of halogens is 1. The summed E-state index contributed by atoms with van der Waals surface area (Å²) in [5.41, 5.74) is 1.95. The van der Waals surface area contributed by atoms with Crippen LogP contribution in [0.25, 0.3) is 6.08 Å². The van der Waals surface area contributed by atoms with Crippen LogP contribution in [0.4, 0.5) is 0 Å². The SMILES string of the molecule is CN(Cc1ccccc1Cl)C(=O)C1CCN(C(=O)/C=C/c2ccccc2)CC1. The Balaban J connectivity index is 1.50. The Labute approximate surface area is 171 Å². The van der Waals surface area contributed by atoms with Crippen LogP contribution in [-0.4, -0.2) is 41.8 Å². The first-order chi connectivity index (χ1) is 13.5. The lowest BCUT2D eigenvalue weighted by Crippen LogP contribution is -2.42. The minimum atomic E-state index is -0.0466. The van der Waals surface area contributed by atoms with Crippen molar-refractivity contribution in [3.8, 4) is 0 Å². The predicted octanol–water partition coefficient (Wildman–Crippen LogP) is 4.25. The Morgan fingerprint density at radius 3 is 2.39 bits per heavy atom. The van der Waals surface area contributed by atoms with Crippen LogP contribution in [0.2, 0.25) is 5.02 Å². The molecule has 1 fully saturated rings. The highest BCUT2D eigenvalue weighted by Crippen LogP contribution is 2.22. The first-order valence-corrected chi connectivity index (χ1v) is 9.93. The van der Waals surface area contributed by atoms with E-state index in [0.29, 0.717) is 37.5 Å². The third-order valence-electron chi connectivity index (χ3n) is 5.12. The number of benzene rings is 2. The van der Waals surface area contributed by atoms with Crippen molar-refractivity contribution in [2.75, 3.05) is 20.1 Å². The third kappa shape index (κ3) is 5.23. The maximum atomic E-state index is 12.8. The summed E-state index contributed by atoms with van der Waals surface area (Å²) in [5.74, 6) is 0.0701. The number of carbonyl (C=O) groups is 2. The number of nitrogens with zero attached hydrogens (tertiary/aromatic N) is 2. The Bertz CT molecular complexity index is 843. The lowest BCUT2D eigenvalue weighted by Gasteiger charge is -2.32. The van der Waals surface area contributed by atoms with Crippen molar-refractivity contribution in [3.05, 3.63) is 76.8 Å². The highest BCUT2D eigenvalue weighted by Gasteiger charge is 2.28. The summed E-state index contributed by atoms with van der Waals surface area (Å²) < 4.78 is 0. The summed E-state index contributed by atoms with van der Waals surface area (Å²) >= 11 is 6.20. The molecule has 0 aromatic heterocycles. The van der Waals surface area contributed by atoms with E-state index < -0.39 is 0 Å². The maximum Gasteiger partial charge on any atom is 0.246 e. The number of hydrogen-bond acceptors (Lipinski definition) is 2. The molecule has 2 aromatic rings. The monoisotopic (exact) mass is 396 g/mol. The van der Waals surface area contributed by atoms with E-state index in [4.69, 9.17) is 11.6 Å². The highest BCUT2D eigenvalue weighted by molar-refractivity contribution is 6.31. The molecule has 0 aliphatic carbocycles. The first-order valence-electron chi connectivity index (χ1n) is 9.55. The topological polar surface area (TPSA) is 40.6 Å². The zero-order chi connectivity index (χ0) is 19.9. The fourth-order valence-electron chi connectivity index (χ4n) is 3.46. The molecule has 5 heteroatoms. The van der Waals surface area contributed by atoms with Crippen LogP contribution in [0.5, 0.6) is 0 Å². The molecule has 146 valence electrons. The average Bonchev–Trinajstić information content (AvgIpc) is 2.74. The lowest BCUT2D eigenvalue weighted by atomic mass is 9.95. The van der Waals surface area contributed by atoms with Gasteiger partial charge in [-0.2, -0.15) is 0 Å². The number of likely N-dealkylation sites (tertiary alicyclic amines) is 1. The van der Waals surface area contributed by atoms with Crippen molar-refractivity contribution in [2.45, 2.75) is 19.4 Å². The number of piperidine rings is 1. The molecule has 1 aliphatic rings. The second kappa shape index (κ2) is 9.56. The molecular formula is C23H25ClN2O2. The van der Waals surface area contributed by atoms with Gasteiger partial charge < -0.3 is 9.80 Å². The van der Waals surface area contributed by atoms with Crippen LogP contribution >= 0.6 is 11.6 Å². The molecule has 2 aromatic carbocycles. The van der Waals surface area contributed by atoms with Crippen molar-refractivity contribution in [2.24, 2.45) is 5.92 Å². The van der Waals surface area contributed by atoms with Gasteiger partial charge >= 0.3 is 0 Å². The number of hydrogen-bond donors (Lipinski definition) is 0. The van der Waals surface area contributed by atoms with Gasteiger partial charge in [0.05, 0.1) is 0 Å². The fraction of sp³-hybridized carbons (Fsp3) is 0.304. The molecule has 0 N–H and O–H groups in total. The van der Waals surface area contributed by atoms with Crippen LogP contribution in [0.3, 0.4) is 0 Å². The zero-order valence-corrected chi connectivity index (χ0v) is 16.8. The second-order valence-corrected chi connectivity index (χ2v) is 7.54. The summed E-state index contributed by atoms with van der Waals surface area (Å²) in [4.78, 5) is 28.7. The van der Waals surface area contributed by atoms with E-state index >= 15 is 0 Å². The summed E-state index contributed by atoms with van der Waals surface area (Å²) in [5, 5.41) is 0.674. The Hall–Kier alpha value is -2.59. The van der Waals surface area contributed by atoms with Crippen molar-refractivity contribution in [1.29, 1.82) is 0 Å². The molecule has 1 aliphatic heterocycles. The van der Waals surface area contributed by atoms with Crippen molar-refractivity contribution >= 4 is 29.5 Å². The van der Waals surface area contributed by atoms with Gasteiger partial charge in [-0.1, -0.05) is 60.1 Å². The van der Waals surface area contributed by atoms with E-state index in [0.717, 1.165) is 11.1 Å². The molecule has 0 spiro atoms. The van der Waals surface area contributed by atoms with Crippen molar-refractivity contribution in [1.82, 2.24) is 9.80 Å². The van der Waals surface area contributed by atoms with Gasteiger partial charge in [0.15, 0.2) is 0 Å². The Kier molecular flexibility index (Phi) is 6.88. The van der Waals surface area contributed by atoms with Gasteiger partial charge in [0.25, 0.3) is 0 Å². The predicted molar refractivity (Wildman–Crippen MR) is 113 cm³/mol. The van der Waals surface area contributed by atoms with E-state index in [9.17, 15) is 9.59 Å². The fourth-order valence-corrected chi connectivity index (χ4v) is 3.65. The van der Waals surface area contributed by atoms with Gasteiger partial charge in [-0.25, -0.2) is 0 Å². The zero-order valence-electron chi connectivity index (χ0n) is 16.1. The third-order valence-corrected chi connectivity index (χ3v) is 5.48. The number of amides is 2. The summed E-state index contributed by atoms with van der Waals surface area (Å²) in [7, 11) is 1.81. The first kappa shape index (κ1) is 20.2. The molecule has 0 radical (unpaired) electrons. The molecule has 4 nitrogen and oxygen atoms in total. The van der Waals surface area contributed by atoms with Crippen LogP contribution in [0, 0.1) is 5.92 Å².